The number of hydrogen-bond donors (Lipinski definition) is 0. The van der Waals surface area contributed by atoms with Crippen LogP contribution in [0.15, 0.2) is 24.3 Å². The molecule has 3 heteroatoms. The van der Waals surface area contributed by atoms with E-state index in [1.54, 1.807) is 0 Å². The van der Waals surface area contributed by atoms with Gasteiger partial charge in [-0.1, -0.05) is 0 Å². The fourth-order valence-electron chi connectivity index (χ4n) is 2.36. The minimum atomic E-state index is 0.340. The molecule has 0 spiro atoms. The van der Waals surface area contributed by atoms with Gasteiger partial charge in [0.05, 0.1) is 0 Å². The van der Waals surface area contributed by atoms with Crippen LogP contribution in [0.5, 0.6) is 0 Å². The van der Waals surface area contributed by atoms with Gasteiger partial charge in [-0.25, -0.2) is 0 Å². The Bertz CT molecular complexity index is 477. The zero-order valence-electron chi connectivity index (χ0n) is 8.81. The second-order valence-corrected chi connectivity index (χ2v) is 6.00. The van der Waals surface area contributed by atoms with E-state index < -0.39 is 0 Å². The van der Waals surface area contributed by atoms with Crippen LogP contribution >= 0.6 is 0 Å². The van der Waals surface area contributed by atoms with Crippen LogP contribution in [0.3, 0.4) is 0 Å². The topological polar surface area (TPSA) is 16.1 Å². The molecule has 0 amide bonds. The van der Waals surface area contributed by atoms with E-state index in [9.17, 15) is 0 Å². The molecule has 2 heterocycles. The van der Waals surface area contributed by atoms with E-state index in [0.29, 0.717) is 20.7 Å². The first-order valence-corrected chi connectivity index (χ1v) is 7.00. The summed E-state index contributed by atoms with van der Waals surface area (Å²) in [5, 5.41) is 1.43. The van der Waals surface area contributed by atoms with Crippen molar-refractivity contribution < 1.29 is 0 Å². The fourth-order valence-corrected chi connectivity index (χ4v) is 4.15. The Kier molecular flexibility index (Phi) is 2.39. The van der Waals surface area contributed by atoms with Gasteiger partial charge in [-0.15, -0.1) is 0 Å². The number of nitrogens with zero attached hydrogens (tertiary/aromatic N) is 2. The van der Waals surface area contributed by atoms with Gasteiger partial charge < -0.3 is 0 Å². The Balaban J connectivity index is 2.04. The van der Waals surface area contributed by atoms with Crippen molar-refractivity contribution in [1.29, 1.82) is 0 Å². The van der Waals surface area contributed by atoms with Crippen molar-refractivity contribution in [3.8, 4) is 0 Å². The molecule has 1 aliphatic heterocycles. The van der Waals surface area contributed by atoms with E-state index in [-0.39, 0.29) is 0 Å². The number of likely N-dealkylation sites (tertiary alicyclic amines) is 1. The SMILES string of the molecule is CN1CC[C@H](c2n[se]c3ccccc23)C1. The normalized spacial score (nSPS) is 22.6. The second kappa shape index (κ2) is 3.75. The molecule has 1 aromatic heterocycles. The van der Waals surface area contributed by atoms with Crippen LogP contribution in [-0.4, -0.2) is 43.7 Å². The molecule has 1 aromatic carbocycles. The van der Waals surface area contributed by atoms with Crippen LogP contribution in [0.1, 0.15) is 18.0 Å². The van der Waals surface area contributed by atoms with E-state index in [1.165, 1.54) is 34.9 Å². The summed E-state index contributed by atoms with van der Waals surface area (Å²) in [7, 11) is 2.20. The molecule has 0 N–H and O–H groups in total. The first-order chi connectivity index (χ1) is 7.34. The standard InChI is InChI=1S/C12H14N2Se/c1-14-7-6-9(8-14)12-10-4-2-3-5-11(10)15-13-12/h2-5,9H,6-8H2,1H3/t9-/m0/s1. The molecule has 0 unspecified atom stereocenters. The van der Waals surface area contributed by atoms with Crippen LogP contribution in [-0.2, 0) is 0 Å². The molecular weight excluding hydrogens is 251 g/mol. The van der Waals surface area contributed by atoms with Crippen molar-refractivity contribution in [2.24, 2.45) is 0 Å². The zero-order chi connectivity index (χ0) is 10.3. The quantitative estimate of drug-likeness (QED) is 0.730. The summed E-state index contributed by atoms with van der Waals surface area (Å²) in [6, 6.07) is 8.72. The van der Waals surface area contributed by atoms with E-state index in [4.69, 9.17) is 3.98 Å². The Morgan fingerprint density at radius 1 is 1.40 bits per heavy atom. The summed E-state index contributed by atoms with van der Waals surface area (Å²) in [5.74, 6) is 0.681. The average molecular weight is 265 g/mol. The van der Waals surface area contributed by atoms with Gasteiger partial charge in [0, 0.05) is 0 Å². The molecule has 15 heavy (non-hydrogen) atoms. The van der Waals surface area contributed by atoms with Gasteiger partial charge in [0.25, 0.3) is 0 Å². The van der Waals surface area contributed by atoms with Gasteiger partial charge >= 0.3 is 95.7 Å². The maximum absolute atomic E-state index is 4.77. The molecule has 1 saturated heterocycles. The summed E-state index contributed by atoms with van der Waals surface area (Å²) in [6.07, 6.45) is 1.28. The maximum atomic E-state index is 4.77. The van der Waals surface area contributed by atoms with Gasteiger partial charge in [0.2, 0.25) is 0 Å². The number of likely N-dealkylation sites (N-methyl/N-ethyl adjacent to an activating group) is 1. The van der Waals surface area contributed by atoms with Gasteiger partial charge in [-0.2, -0.15) is 0 Å². The first-order valence-electron chi connectivity index (χ1n) is 5.37. The first kappa shape index (κ1) is 9.59. The Morgan fingerprint density at radius 3 is 3.07 bits per heavy atom. The van der Waals surface area contributed by atoms with Crippen LogP contribution in [0.4, 0.5) is 0 Å². The van der Waals surface area contributed by atoms with Crippen molar-refractivity contribution in [2.45, 2.75) is 12.3 Å². The molecule has 0 radical (unpaired) electrons. The van der Waals surface area contributed by atoms with Crippen LogP contribution in [0.2, 0.25) is 0 Å². The third kappa shape index (κ3) is 1.65. The van der Waals surface area contributed by atoms with Crippen molar-refractivity contribution in [1.82, 2.24) is 8.88 Å². The van der Waals surface area contributed by atoms with Crippen LogP contribution in [0, 0.1) is 0 Å². The van der Waals surface area contributed by atoms with E-state index >= 15 is 0 Å². The third-order valence-corrected chi connectivity index (χ3v) is 4.95. The van der Waals surface area contributed by atoms with E-state index in [2.05, 4.69) is 36.2 Å². The molecule has 0 saturated carbocycles. The summed E-state index contributed by atoms with van der Waals surface area (Å²) in [4.78, 5) is 2.40. The number of benzene rings is 1. The molecule has 1 atom stereocenters. The number of fused-ring (bicyclic) bond motifs is 1. The molecule has 0 bridgehead atoms. The van der Waals surface area contributed by atoms with Gasteiger partial charge in [0.15, 0.2) is 0 Å². The monoisotopic (exact) mass is 266 g/mol. The number of rotatable bonds is 1. The zero-order valence-corrected chi connectivity index (χ0v) is 10.5. The Morgan fingerprint density at radius 2 is 2.27 bits per heavy atom. The van der Waals surface area contributed by atoms with Gasteiger partial charge in [0.1, 0.15) is 0 Å². The molecule has 2 nitrogen and oxygen atoms in total. The molecule has 1 aliphatic rings. The minimum absolute atomic E-state index is 0.340. The molecule has 1 fully saturated rings. The van der Waals surface area contributed by atoms with E-state index in [1.807, 2.05) is 0 Å². The molecular formula is C12H14N2Se. The second-order valence-electron chi connectivity index (χ2n) is 4.31. The van der Waals surface area contributed by atoms with Crippen molar-refractivity contribution >= 4 is 24.4 Å². The summed E-state index contributed by atoms with van der Waals surface area (Å²) in [5.41, 5.74) is 1.38. The van der Waals surface area contributed by atoms with Crippen molar-refractivity contribution in [2.75, 3.05) is 20.1 Å². The Hall–Kier alpha value is -0.631. The summed E-state index contributed by atoms with van der Waals surface area (Å²) >= 11 is 0.340. The molecule has 0 aliphatic carbocycles. The number of hydrogen-bond acceptors (Lipinski definition) is 2. The Labute approximate surface area is 95.9 Å². The number of aromatic nitrogens is 1. The predicted octanol–water partition coefficient (Wildman–Crippen LogP) is 1.71. The molecule has 2 aromatic rings. The fraction of sp³-hybridized carbons (Fsp3) is 0.417. The summed E-state index contributed by atoms with van der Waals surface area (Å²) < 4.78 is 6.24. The van der Waals surface area contributed by atoms with Crippen LogP contribution in [0.25, 0.3) is 9.65 Å². The van der Waals surface area contributed by atoms with Crippen molar-refractivity contribution in [3.63, 3.8) is 0 Å². The average Bonchev–Trinajstić information content (AvgIpc) is 2.83. The third-order valence-electron chi connectivity index (χ3n) is 3.18. The molecule has 3 rings (SSSR count). The van der Waals surface area contributed by atoms with Crippen LogP contribution < -0.4 is 0 Å². The summed E-state index contributed by atoms with van der Waals surface area (Å²) in [6.45, 7) is 2.40. The van der Waals surface area contributed by atoms with E-state index in [0.717, 1.165) is 0 Å². The predicted molar refractivity (Wildman–Crippen MR) is 63.5 cm³/mol. The van der Waals surface area contributed by atoms with Gasteiger partial charge in [-0.3, -0.25) is 0 Å². The van der Waals surface area contributed by atoms with Gasteiger partial charge in [-0.05, 0) is 0 Å². The molecule has 78 valence electrons. The van der Waals surface area contributed by atoms with Crippen molar-refractivity contribution in [3.05, 3.63) is 30.0 Å².